The Morgan fingerprint density at radius 1 is 1.12 bits per heavy atom. The number of rotatable bonds is 6. The van der Waals surface area contributed by atoms with Crippen molar-refractivity contribution in [1.82, 2.24) is 15.5 Å². The molecule has 0 saturated heterocycles. The number of H-pyrrole nitrogens is 1. The average Bonchev–Trinajstić information content (AvgIpc) is 2.53. The maximum absolute atomic E-state index is 4.22. The minimum absolute atomic E-state index is 0.731. The van der Waals surface area contributed by atoms with Crippen LogP contribution in [0.4, 0.5) is 0 Å². The Hall–Kier alpha value is -0.830. The van der Waals surface area contributed by atoms with E-state index in [9.17, 15) is 0 Å². The quantitative estimate of drug-likeness (QED) is 0.798. The number of aryl methyl sites for hydroxylation is 2. The van der Waals surface area contributed by atoms with E-state index < -0.39 is 0 Å². The van der Waals surface area contributed by atoms with Crippen LogP contribution in [0.15, 0.2) is 0 Å². The second-order valence-corrected chi connectivity index (χ2v) is 5.70. The molecule has 1 aromatic heterocycles. The normalized spacial score (nSPS) is 12.1. The molecule has 3 heteroatoms. The van der Waals surface area contributed by atoms with Gasteiger partial charge in [-0.25, -0.2) is 0 Å². The molecule has 0 atom stereocenters. The highest BCUT2D eigenvalue weighted by atomic mass is 15.1. The smallest absolute Gasteiger partial charge is 0.0638 e. The number of hydrogen-bond acceptors (Lipinski definition) is 2. The van der Waals surface area contributed by atoms with Crippen molar-refractivity contribution in [2.75, 3.05) is 6.54 Å². The molecule has 2 N–H and O–H groups in total. The molecular formula is C14H27N3. The zero-order valence-electron chi connectivity index (χ0n) is 12.1. The van der Waals surface area contributed by atoms with Crippen LogP contribution in [0.5, 0.6) is 0 Å². The fraction of sp³-hybridized carbons (Fsp3) is 0.786. The molecule has 1 heterocycles. The third kappa shape index (κ3) is 3.84. The lowest BCUT2D eigenvalue weighted by Gasteiger charge is -2.25. The Morgan fingerprint density at radius 2 is 1.71 bits per heavy atom. The first-order valence-electron chi connectivity index (χ1n) is 6.64. The number of nitrogens with zero attached hydrogens (tertiary/aromatic N) is 1. The van der Waals surface area contributed by atoms with Gasteiger partial charge in [0, 0.05) is 17.8 Å². The summed E-state index contributed by atoms with van der Waals surface area (Å²) in [4.78, 5) is 0. The van der Waals surface area contributed by atoms with Gasteiger partial charge in [-0.3, -0.25) is 5.10 Å². The molecule has 0 spiro atoms. The van der Waals surface area contributed by atoms with Crippen LogP contribution in [-0.4, -0.2) is 16.7 Å². The molecule has 1 aromatic rings. The maximum atomic E-state index is 4.22. The lowest BCUT2D eigenvalue weighted by Crippen LogP contribution is -2.29. The molecule has 3 nitrogen and oxygen atoms in total. The molecule has 0 unspecified atom stereocenters. The molecule has 98 valence electrons. The van der Waals surface area contributed by atoms with Gasteiger partial charge in [-0.1, -0.05) is 27.7 Å². The van der Waals surface area contributed by atoms with Gasteiger partial charge in [0.05, 0.1) is 5.69 Å². The Bertz CT molecular complexity index is 312. The van der Waals surface area contributed by atoms with E-state index >= 15 is 0 Å². The number of nitrogens with one attached hydrogen (secondary N) is 2. The Labute approximate surface area is 105 Å². The fourth-order valence-corrected chi connectivity index (χ4v) is 2.44. The molecule has 0 fully saturated rings. The van der Waals surface area contributed by atoms with E-state index in [-0.39, 0.29) is 0 Å². The van der Waals surface area contributed by atoms with E-state index in [1.54, 1.807) is 0 Å². The summed E-state index contributed by atoms with van der Waals surface area (Å²) in [6, 6.07) is 0. The third-order valence-corrected chi connectivity index (χ3v) is 3.68. The molecule has 0 saturated carbocycles. The summed E-state index contributed by atoms with van der Waals surface area (Å²) in [6.45, 7) is 15.4. The van der Waals surface area contributed by atoms with Crippen molar-refractivity contribution in [3.8, 4) is 0 Å². The Morgan fingerprint density at radius 3 is 2.12 bits per heavy atom. The summed E-state index contributed by atoms with van der Waals surface area (Å²) in [7, 11) is 0. The zero-order chi connectivity index (χ0) is 13.0. The van der Waals surface area contributed by atoms with Crippen molar-refractivity contribution >= 4 is 0 Å². The molecule has 17 heavy (non-hydrogen) atoms. The van der Waals surface area contributed by atoms with Gasteiger partial charge in [0.2, 0.25) is 0 Å². The Kier molecular flexibility index (Phi) is 5.19. The van der Waals surface area contributed by atoms with Gasteiger partial charge in [-0.15, -0.1) is 0 Å². The number of hydrogen-bond donors (Lipinski definition) is 2. The molecular weight excluding hydrogens is 210 g/mol. The van der Waals surface area contributed by atoms with Gasteiger partial charge in [-0.2, -0.15) is 5.10 Å². The Balaban J connectivity index is 2.47. The second kappa shape index (κ2) is 6.20. The van der Waals surface area contributed by atoms with Crippen molar-refractivity contribution in [1.29, 1.82) is 0 Å². The molecule has 0 aliphatic rings. The first-order valence-corrected chi connectivity index (χ1v) is 6.64. The van der Waals surface area contributed by atoms with Crippen LogP contribution in [0, 0.1) is 31.6 Å². The van der Waals surface area contributed by atoms with Gasteiger partial charge in [-0.05, 0) is 38.1 Å². The highest BCUT2D eigenvalue weighted by molar-refractivity contribution is 5.22. The van der Waals surface area contributed by atoms with Gasteiger partial charge in [0.1, 0.15) is 0 Å². The second-order valence-electron chi connectivity index (χ2n) is 5.70. The monoisotopic (exact) mass is 237 g/mol. The lowest BCUT2D eigenvalue weighted by atomic mass is 9.85. The van der Waals surface area contributed by atoms with Crippen LogP contribution < -0.4 is 5.32 Å². The van der Waals surface area contributed by atoms with Crippen LogP contribution >= 0.6 is 0 Å². The van der Waals surface area contributed by atoms with E-state index in [1.807, 2.05) is 0 Å². The SMILES string of the molecule is Cc1n[nH]c(C)c1CNCC(C(C)C)C(C)C. The predicted octanol–water partition coefficient (Wildman–Crippen LogP) is 3.04. The summed E-state index contributed by atoms with van der Waals surface area (Å²) >= 11 is 0. The van der Waals surface area contributed by atoms with Gasteiger partial charge in [0.15, 0.2) is 0 Å². The highest BCUT2D eigenvalue weighted by Gasteiger charge is 2.17. The van der Waals surface area contributed by atoms with Crippen LogP contribution in [0.1, 0.15) is 44.6 Å². The molecule has 1 rings (SSSR count). The minimum atomic E-state index is 0.731. The molecule has 0 bridgehead atoms. The first kappa shape index (κ1) is 14.2. The summed E-state index contributed by atoms with van der Waals surface area (Å²) in [5.41, 5.74) is 3.61. The van der Waals surface area contributed by atoms with E-state index in [0.29, 0.717) is 0 Å². The van der Waals surface area contributed by atoms with Crippen molar-refractivity contribution in [3.05, 3.63) is 17.0 Å². The van der Waals surface area contributed by atoms with Crippen LogP contribution in [0.2, 0.25) is 0 Å². The number of aromatic amines is 1. The van der Waals surface area contributed by atoms with Crippen LogP contribution in [0.3, 0.4) is 0 Å². The first-order chi connectivity index (χ1) is 7.93. The largest absolute Gasteiger partial charge is 0.312 e. The van der Waals surface area contributed by atoms with E-state index in [2.05, 4.69) is 57.1 Å². The molecule has 0 aromatic carbocycles. The number of aromatic nitrogens is 2. The van der Waals surface area contributed by atoms with E-state index in [0.717, 1.165) is 36.5 Å². The fourth-order valence-electron chi connectivity index (χ4n) is 2.44. The van der Waals surface area contributed by atoms with Gasteiger partial charge < -0.3 is 5.32 Å². The molecule has 0 aliphatic carbocycles. The third-order valence-electron chi connectivity index (χ3n) is 3.68. The van der Waals surface area contributed by atoms with Crippen molar-refractivity contribution in [2.45, 2.75) is 48.1 Å². The van der Waals surface area contributed by atoms with E-state index in [4.69, 9.17) is 0 Å². The molecule has 0 radical (unpaired) electrons. The average molecular weight is 237 g/mol. The van der Waals surface area contributed by atoms with Crippen molar-refractivity contribution < 1.29 is 0 Å². The van der Waals surface area contributed by atoms with E-state index in [1.165, 1.54) is 11.3 Å². The zero-order valence-corrected chi connectivity index (χ0v) is 12.1. The topological polar surface area (TPSA) is 40.7 Å². The minimum Gasteiger partial charge on any atom is -0.312 e. The van der Waals surface area contributed by atoms with Gasteiger partial charge >= 0.3 is 0 Å². The maximum Gasteiger partial charge on any atom is 0.0638 e. The standard InChI is InChI=1S/C14H27N3/c1-9(2)13(10(3)4)7-15-8-14-11(5)16-17-12(14)6/h9-10,13,15H,7-8H2,1-6H3,(H,16,17). The predicted molar refractivity (Wildman–Crippen MR) is 72.9 cm³/mol. The highest BCUT2D eigenvalue weighted by Crippen LogP contribution is 2.19. The van der Waals surface area contributed by atoms with Crippen LogP contribution in [0.25, 0.3) is 0 Å². The summed E-state index contributed by atoms with van der Waals surface area (Å²) < 4.78 is 0. The molecule has 0 aliphatic heterocycles. The summed E-state index contributed by atoms with van der Waals surface area (Å²) in [6.07, 6.45) is 0. The van der Waals surface area contributed by atoms with Crippen molar-refractivity contribution in [3.63, 3.8) is 0 Å². The summed E-state index contributed by atoms with van der Waals surface area (Å²) in [5.74, 6) is 2.20. The molecule has 0 amide bonds. The summed E-state index contributed by atoms with van der Waals surface area (Å²) in [5, 5.41) is 10.8. The lowest BCUT2D eigenvalue weighted by molar-refractivity contribution is 0.275. The van der Waals surface area contributed by atoms with Crippen molar-refractivity contribution in [2.24, 2.45) is 17.8 Å². The van der Waals surface area contributed by atoms with Crippen LogP contribution in [-0.2, 0) is 6.54 Å². The van der Waals surface area contributed by atoms with Gasteiger partial charge in [0.25, 0.3) is 0 Å².